The highest BCUT2D eigenvalue weighted by molar-refractivity contribution is 5.87. The lowest BCUT2D eigenvalue weighted by Crippen LogP contribution is -2.11. The van der Waals surface area contributed by atoms with Gasteiger partial charge in [0, 0.05) is 11.1 Å². The zero-order valence-corrected chi connectivity index (χ0v) is 15.5. The molecule has 0 bridgehead atoms. The van der Waals surface area contributed by atoms with E-state index in [1.54, 1.807) is 6.33 Å². The van der Waals surface area contributed by atoms with E-state index >= 15 is 0 Å². The average molecular weight is 356 g/mol. The van der Waals surface area contributed by atoms with Crippen LogP contribution in [0.4, 0.5) is 0 Å². The van der Waals surface area contributed by atoms with Gasteiger partial charge < -0.3 is 9.97 Å². The summed E-state index contributed by atoms with van der Waals surface area (Å²) in [5, 5.41) is 7.55. The standard InChI is InChI=1S/C21H20N6/c1-21(2,3)19-10-18(26-27-19)20-24-15-7-5-13(9-17(15)25-20)12-4-6-14-16(8-12)23-11-22-14/h4-11H,1-3H3,(H,22,23)(H,24,25)(H,26,27). The molecule has 0 aliphatic rings. The molecule has 0 saturated carbocycles. The molecule has 2 aromatic carbocycles. The van der Waals surface area contributed by atoms with Gasteiger partial charge in [0.25, 0.3) is 0 Å². The summed E-state index contributed by atoms with van der Waals surface area (Å²) in [5.41, 5.74) is 8.11. The Kier molecular flexibility index (Phi) is 3.25. The van der Waals surface area contributed by atoms with Gasteiger partial charge in [0.05, 0.1) is 28.4 Å². The molecule has 6 nitrogen and oxygen atoms in total. The Morgan fingerprint density at radius 2 is 1.67 bits per heavy atom. The van der Waals surface area contributed by atoms with Gasteiger partial charge in [-0.2, -0.15) is 5.10 Å². The summed E-state index contributed by atoms with van der Waals surface area (Å²) >= 11 is 0. The molecule has 0 amide bonds. The second-order valence-electron chi connectivity index (χ2n) is 7.87. The molecule has 3 aromatic heterocycles. The smallest absolute Gasteiger partial charge is 0.159 e. The summed E-state index contributed by atoms with van der Waals surface area (Å²) in [6.45, 7) is 6.48. The van der Waals surface area contributed by atoms with E-state index in [-0.39, 0.29) is 5.41 Å². The fourth-order valence-electron chi connectivity index (χ4n) is 3.25. The van der Waals surface area contributed by atoms with E-state index in [0.29, 0.717) is 0 Å². The lowest BCUT2D eigenvalue weighted by atomic mass is 9.92. The predicted molar refractivity (Wildman–Crippen MR) is 107 cm³/mol. The number of benzene rings is 2. The van der Waals surface area contributed by atoms with Crippen LogP contribution in [0.2, 0.25) is 0 Å². The number of H-pyrrole nitrogens is 3. The second-order valence-corrected chi connectivity index (χ2v) is 7.87. The van der Waals surface area contributed by atoms with Gasteiger partial charge in [-0.1, -0.05) is 32.9 Å². The van der Waals surface area contributed by atoms with Crippen LogP contribution in [0.15, 0.2) is 48.8 Å². The van der Waals surface area contributed by atoms with Crippen LogP contribution in [0.5, 0.6) is 0 Å². The molecule has 5 aromatic rings. The van der Waals surface area contributed by atoms with E-state index < -0.39 is 0 Å². The number of hydrogen-bond acceptors (Lipinski definition) is 3. The first-order valence-corrected chi connectivity index (χ1v) is 8.97. The summed E-state index contributed by atoms with van der Waals surface area (Å²) in [7, 11) is 0. The maximum absolute atomic E-state index is 4.76. The van der Waals surface area contributed by atoms with Crippen molar-refractivity contribution in [3.63, 3.8) is 0 Å². The van der Waals surface area contributed by atoms with Crippen molar-refractivity contribution in [1.29, 1.82) is 0 Å². The lowest BCUT2D eigenvalue weighted by molar-refractivity contribution is 0.567. The minimum absolute atomic E-state index is 0.0236. The number of nitrogens with one attached hydrogen (secondary N) is 3. The molecule has 3 heterocycles. The number of aromatic amines is 3. The largest absolute Gasteiger partial charge is 0.345 e. The quantitative estimate of drug-likeness (QED) is 0.425. The summed E-state index contributed by atoms with van der Waals surface area (Å²) in [5.74, 6) is 0.776. The van der Waals surface area contributed by atoms with E-state index in [2.05, 4.69) is 82.3 Å². The normalized spacial score (nSPS) is 12.3. The number of imidazole rings is 2. The van der Waals surface area contributed by atoms with Crippen LogP contribution < -0.4 is 0 Å². The number of rotatable bonds is 2. The van der Waals surface area contributed by atoms with E-state index in [9.17, 15) is 0 Å². The maximum atomic E-state index is 4.76. The SMILES string of the molecule is CC(C)(C)c1cc(-c2nc3cc(-c4ccc5nc[nH]c5c4)ccc3[nH]2)n[nH]1. The molecule has 27 heavy (non-hydrogen) atoms. The van der Waals surface area contributed by atoms with Crippen molar-refractivity contribution >= 4 is 22.1 Å². The van der Waals surface area contributed by atoms with Crippen molar-refractivity contribution in [2.45, 2.75) is 26.2 Å². The fraction of sp³-hybridized carbons (Fsp3) is 0.190. The maximum Gasteiger partial charge on any atom is 0.159 e. The molecule has 0 aliphatic carbocycles. The van der Waals surface area contributed by atoms with Gasteiger partial charge in [-0.25, -0.2) is 9.97 Å². The van der Waals surface area contributed by atoms with Crippen LogP contribution in [0.25, 0.3) is 44.7 Å². The van der Waals surface area contributed by atoms with Gasteiger partial charge in [-0.3, -0.25) is 5.10 Å². The number of hydrogen-bond donors (Lipinski definition) is 3. The van der Waals surface area contributed by atoms with E-state index in [0.717, 1.165) is 50.4 Å². The summed E-state index contributed by atoms with van der Waals surface area (Å²) < 4.78 is 0. The summed E-state index contributed by atoms with van der Waals surface area (Å²) in [6.07, 6.45) is 1.72. The van der Waals surface area contributed by atoms with Gasteiger partial charge in [0.15, 0.2) is 5.82 Å². The third-order valence-corrected chi connectivity index (χ3v) is 4.87. The Morgan fingerprint density at radius 1 is 0.852 bits per heavy atom. The predicted octanol–water partition coefficient (Wildman–Crippen LogP) is 4.79. The Bertz CT molecular complexity index is 1260. The van der Waals surface area contributed by atoms with E-state index in [1.165, 1.54) is 0 Å². The highest BCUT2D eigenvalue weighted by atomic mass is 15.1. The van der Waals surface area contributed by atoms with Gasteiger partial charge in [0.2, 0.25) is 0 Å². The highest BCUT2D eigenvalue weighted by Crippen LogP contribution is 2.28. The number of aromatic nitrogens is 6. The topological polar surface area (TPSA) is 86.0 Å². The fourth-order valence-corrected chi connectivity index (χ4v) is 3.25. The van der Waals surface area contributed by atoms with Crippen LogP contribution in [-0.4, -0.2) is 30.1 Å². The van der Waals surface area contributed by atoms with Crippen molar-refractivity contribution in [2.75, 3.05) is 0 Å². The molecule has 0 radical (unpaired) electrons. The molecule has 0 fully saturated rings. The first kappa shape index (κ1) is 15.8. The number of nitrogens with zero attached hydrogens (tertiary/aromatic N) is 3. The minimum Gasteiger partial charge on any atom is -0.345 e. The summed E-state index contributed by atoms with van der Waals surface area (Å²) in [6, 6.07) is 14.6. The van der Waals surface area contributed by atoms with Crippen molar-refractivity contribution < 1.29 is 0 Å². The molecule has 5 rings (SSSR count). The van der Waals surface area contributed by atoms with Crippen molar-refractivity contribution in [3.8, 4) is 22.6 Å². The Hall–Kier alpha value is -3.41. The molecule has 0 saturated heterocycles. The number of fused-ring (bicyclic) bond motifs is 2. The van der Waals surface area contributed by atoms with Crippen molar-refractivity contribution in [2.24, 2.45) is 0 Å². The van der Waals surface area contributed by atoms with Crippen LogP contribution >= 0.6 is 0 Å². The van der Waals surface area contributed by atoms with Crippen molar-refractivity contribution in [3.05, 3.63) is 54.5 Å². The van der Waals surface area contributed by atoms with E-state index in [4.69, 9.17) is 4.98 Å². The molecular weight excluding hydrogens is 336 g/mol. The van der Waals surface area contributed by atoms with Crippen LogP contribution in [0.3, 0.4) is 0 Å². The Labute approximate surface area is 156 Å². The first-order valence-electron chi connectivity index (χ1n) is 8.97. The van der Waals surface area contributed by atoms with Crippen molar-refractivity contribution in [1.82, 2.24) is 30.1 Å². The van der Waals surface area contributed by atoms with Gasteiger partial charge in [-0.15, -0.1) is 0 Å². The van der Waals surface area contributed by atoms with Crippen LogP contribution in [-0.2, 0) is 5.41 Å². The molecule has 0 unspecified atom stereocenters. The Balaban J connectivity index is 1.55. The molecule has 3 N–H and O–H groups in total. The van der Waals surface area contributed by atoms with Gasteiger partial charge in [0.1, 0.15) is 5.69 Å². The minimum atomic E-state index is 0.0236. The summed E-state index contributed by atoms with van der Waals surface area (Å²) in [4.78, 5) is 15.6. The third-order valence-electron chi connectivity index (χ3n) is 4.87. The second kappa shape index (κ2) is 5.54. The molecular formula is C21H20N6. The van der Waals surface area contributed by atoms with E-state index in [1.807, 2.05) is 6.07 Å². The van der Waals surface area contributed by atoms with Crippen LogP contribution in [0, 0.1) is 0 Å². The molecule has 134 valence electrons. The molecule has 0 spiro atoms. The molecule has 6 heteroatoms. The zero-order valence-electron chi connectivity index (χ0n) is 15.5. The van der Waals surface area contributed by atoms with Gasteiger partial charge >= 0.3 is 0 Å². The third kappa shape index (κ3) is 2.70. The monoisotopic (exact) mass is 356 g/mol. The highest BCUT2D eigenvalue weighted by Gasteiger charge is 2.18. The first-order chi connectivity index (χ1) is 13.0. The van der Waals surface area contributed by atoms with Gasteiger partial charge in [-0.05, 0) is 41.5 Å². The Morgan fingerprint density at radius 3 is 2.48 bits per heavy atom. The average Bonchev–Trinajstić information content (AvgIpc) is 3.37. The molecule has 0 aliphatic heterocycles. The van der Waals surface area contributed by atoms with Crippen LogP contribution in [0.1, 0.15) is 26.5 Å². The lowest BCUT2D eigenvalue weighted by Gasteiger charge is -2.14. The zero-order chi connectivity index (χ0) is 18.6. The molecule has 0 atom stereocenters.